The van der Waals surface area contributed by atoms with Gasteiger partial charge in [-0.15, -0.1) is 24.8 Å². The molecule has 0 saturated heterocycles. The Labute approximate surface area is 183 Å². The third-order valence-electron chi connectivity index (χ3n) is 5.60. The topological polar surface area (TPSA) is 152 Å². The van der Waals surface area contributed by atoms with Crippen molar-refractivity contribution in [2.24, 2.45) is 5.73 Å². The Balaban J connectivity index is 0.00000140. The zero-order valence-electron chi connectivity index (χ0n) is 16.4. The van der Waals surface area contributed by atoms with Crippen molar-refractivity contribution in [1.29, 1.82) is 0 Å². The number of hydrogen-bond acceptors (Lipinski definition) is 6. The number of nitrogens with two attached hydrogens (primary N) is 2. The summed E-state index contributed by atoms with van der Waals surface area (Å²) >= 11 is 0. The number of anilines is 1. The van der Waals surface area contributed by atoms with Gasteiger partial charge in [0.15, 0.2) is 5.82 Å². The van der Waals surface area contributed by atoms with Crippen molar-refractivity contribution in [3.05, 3.63) is 17.1 Å². The minimum absolute atomic E-state index is 0. The molecule has 4 rings (SSSR count). The number of fused-ring (bicyclic) bond motifs is 5. The van der Waals surface area contributed by atoms with E-state index >= 15 is 0 Å². The molecular formula is C17H30Cl2N6O3S. The summed E-state index contributed by atoms with van der Waals surface area (Å²) in [5.74, 6) is 1.62. The molecule has 1 unspecified atom stereocenters. The lowest BCUT2D eigenvalue weighted by Gasteiger charge is -2.29. The summed E-state index contributed by atoms with van der Waals surface area (Å²) in [6, 6.07) is 0. The number of imidazole rings is 1. The first kappa shape index (κ1) is 25.9. The van der Waals surface area contributed by atoms with E-state index in [2.05, 4.69) is 14.5 Å². The van der Waals surface area contributed by atoms with E-state index < -0.39 is 10.0 Å². The molecule has 29 heavy (non-hydrogen) atoms. The van der Waals surface area contributed by atoms with Gasteiger partial charge in [-0.2, -0.15) is 4.31 Å². The Kier molecular flexibility index (Phi) is 8.70. The number of pyridine rings is 1. The number of aryl methyl sites for hydroxylation is 1. The normalized spacial score (nSPS) is 18.8. The van der Waals surface area contributed by atoms with E-state index in [-0.39, 0.29) is 36.8 Å². The highest BCUT2D eigenvalue weighted by molar-refractivity contribution is 7.88. The average Bonchev–Trinajstić information content (AvgIpc) is 2.98. The van der Waals surface area contributed by atoms with Crippen LogP contribution in [0.1, 0.15) is 48.7 Å². The Morgan fingerprint density at radius 2 is 1.93 bits per heavy atom. The largest absolute Gasteiger partial charge is 0.412 e. The zero-order chi connectivity index (χ0) is 18.5. The molecule has 12 heteroatoms. The molecular weight excluding hydrogens is 439 g/mol. The molecule has 3 heterocycles. The number of aromatic nitrogens is 3. The Morgan fingerprint density at radius 1 is 1.21 bits per heavy atom. The van der Waals surface area contributed by atoms with Gasteiger partial charge in [0.1, 0.15) is 11.3 Å². The summed E-state index contributed by atoms with van der Waals surface area (Å²) in [7, 11) is -3.24. The van der Waals surface area contributed by atoms with E-state index in [0.29, 0.717) is 36.9 Å². The number of sulfonamides is 1. The molecule has 0 bridgehead atoms. The fraction of sp³-hybridized carbons (Fsp3) is 0.647. The van der Waals surface area contributed by atoms with Crippen LogP contribution in [0.25, 0.3) is 11.0 Å². The smallest absolute Gasteiger partial charge is 0.211 e. The molecule has 1 aliphatic carbocycles. The molecule has 1 aliphatic heterocycles. The Morgan fingerprint density at radius 3 is 2.59 bits per heavy atom. The molecule has 0 saturated carbocycles. The van der Waals surface area contributed by atoms with Gasteiger partial charge in [-0.05, 0) is 44.6 Å². The average molecular weight is 469 g/mol. The molecule has 2 aromatic rings. The fourth-order valence-electron chi connectivity index (χ4n) is 4.37. The maximum Gasteiger partial charge on any atom is 0.211 e. The van der Waals surface area contributed by atoms with Crippen molar-refractivity contribution in [2.45, 2.75) is 51.1 Å². The van der Waals surface area contributed by atoms with Crippen LogP contribution in [0.2, 0.25) is 0 Å². The van der Waals surface area contributed by atoms with E-state index in [9.17, 15) is 8.42 Å². The molecule has 2 aliphatic rings. The maximum atomic E-state index is 11.9. The lowest BCUT2D eigenvalue weighted by atomic mass is 9.82. The van der Waals surface area contributed by atoms with E-state index in [0.717, 1.165) is 49.1 Å². The van der Waals surface area contributed by atoms with Crippen molar-refractivity contribution < 1.29 is 13.9 Å². The Bertz CT molecular complexity index is 966. The van der Waals surface area contributed by atoms with Crippen molar-refractivity contribution in [3.63, 3.8) is 0 Å². The van der Waals surface area contributed by atoms with Crippen molar-refractivity contribution in [1.82, 2.24) is 18.8 Å². The zero-order valence-corrected chi connectivity index (χ0v) is 18.9. The van der Waals surface area contributed by atoms with E-state index in [1.807, 2.05) is 0 Å². The number of rotatable bonds is 4. The van der Waals surface area contributed by atoms with Gasteiger partial charge in [-0.25, -0.2) is 18.4 Å². The molecule has 0 aromatic carbocycles. The number of nitrogen functional groups attached to an aromatic ring is 1. The number of hydrogen-bond donors (Lipinski definition) is 2. The highest BCUT2D eigenvalue weighted by Gasteiger charge is 2.31. The predicted molar refractivity (Wildman–Crippen MR) is 119 cm³/mol. The Hall–Kier alpha value is -1.17. The standard InChI is InChI=1S/C17H26N6O2S.2ClH.H2O/c1-26(24,25)22-8-9-23-13(10-22)21-15-16(23)14-11(5-3-7-18)4-2-6-12(14)20-17(15)19;;;/h11H,2-10,18H2,1H3,(H2,19,20);2*1H;1H2. The monoisotopic (exact) mass is 468 g/mol. The van der Waals surface area contributed by atoms with Crippen molar-refractivity contribution in [2.75, 3.05) is 25.1 Å². The molecule has 1 atom stereocenters. The molecule has 0 amide bonds. The van der Waals surface area contributed by atoms with Crippen LogP contribution in [0.3, 0.4) is 0 Å². The van der Waals surface area contributed by atoms with Gasteiger partial charge < -0.3 is 21.5 Å². The van der Waals surface area contributed by atoms with Gasteiger partial charge in [0, 0.05) is 24.3 Å². The predicted octanol–water partition coefficient (Wildman–Crippen LogP) is 0.966. The lowest BCUT2D eigenvalue weighted by Crippen LogP contribution is -2.37. The second-order valence-electron chi connectivity index (χ2n) is 7.35. The van der Waals surface area contributed by atoms with Crippen LogP contribution >= 0.6 is 24.8 Å². The lowest BCUT2D eigenvalue weighted by molar-refractivity contribution is 0.341. The van der Waals surface area contributed by atoms with Crippen LogP contribution in [0, 0.1) is 0 Å². The fourth-order valence-corrected chi connectivity index (χ4v) is 5.14. The number of nitrogens with zero attached hydrogens (tertiary/aromatic N) is 4. The van der Waals surface area contributed by atoms with Gasteiger partial charge in [-0.3, -0.25) is 0 Å². The van der Waals surface area contributed by atoms with E-state index in [1.165, 1.54) is 16.1 Å². The highest BCUT2D eigenvalue weighted by Crippen LogP contribution is 2.40. The first-order valence-corrected chi connectivity index (χ1v) is 11.1. The second kappa shape index (κ2) is 9.76. The van der Waals surface area contributed by atoms with Gasteiger partial charge in [-0.1, -0.05) is 0 Å². The molecule has 0 spiro atoms. The van der Waals surface area contributed by atoms with Crippen LogP contribution in [0.15, 0.2) is 0 Å². The summed E-state index contributed by atoms with van der Waals surface area (Å²) in [5, 5.41) is 0. The third-order valence-corrected chi connectivity index (χ3v) is 6.85. The van der Waals surface area contributed by atoms with Crippen LogP contribution in [-0.4, -0.2) is 52.1 Å². The summed E-state index contributed by atoms with van der Waals surface area (Å²) in [6.45, 7) is 2.03. The number of halogens is 2. The van der Waals surface area contributed by atoms with Crippen LogP contribution in [-0.2, 0) is 29.5 Å². The van der Waals surface area contributed by atoms with Crippen LogP contribution in [0.5, 0.6) is 0 Å². The molecule has 0 radical (unpaired) electrons. The third kappa shape index (κ3) is 4.62. The van der Waals surface area contributed by atoms with Gasteiger partial charge in [0.05, 0.1) is 18.3 Å². The first-order valence-electron chi connectivity index (χ1n) is 9.22. The summed E-state index contributed by atoms with van der Waals surface area (Å²) in [4.78, 5) is 9.33. The quantitative estimate of drug-likeness (QED) is 0.681. The molecule has 9 nitrogen and oxygen atoms in total. The first-order chi connectivity index (χ1) is 12.4. The summed E-state index contributed by atoms with van der Waals surface area (Å²) < 4.78 is 27.5. The SMILES string of the molecule is CS(=O)(=O)N1CCn2c(nc3c(N)nc4c(c32)C(CCCN)CCC4)C1.Cl.Cl.O. The van der Waals surface area contributed by atoms with Crippen molar-refractivity contribution >= 4 is 51.7 Å². The van der Waals surface area contributed by atoms with E-state index in [4.69, 9.17) is 11.5 Å². The summed E-state index contributed by atoms with van der Waals surface area (Å²) in [5.41, 5.74) is 16.1. The minimum Gasteiger partial charge on any atom is -0.412 e. The second-order valence-corrected chi connectivity index (χ2v) is 9.33. The van der Waals surface area contributed by atoms with Crippen molar-refractivity contribution in [3.8, 4) is 0 Å². The molecule has 0 fully saturated rings. The minimum atomic E-state index is -3.24. The van der Waals surface area contributed by atoms with Gasteiger partial charge in [0.2, 0.25) is 10.0 Å². The molecule has 2 aromatic heterocycles. The van der Waals surface area contributed by atoms with Gasteiger partial charge in [0.25, 0.3) is 0 Å². The van der Waals surface area contributed by atoms with Crippen LogP contribution in [0.4, 0.5) is 5.82 Å². The molecule has 166 valence electrons. The van der Waals surface area contributed by atoms with Gasteiger partial charge >= 0.3 is 0 Å². The molecule has 6 N–H and O–H groups in total. The van der Waals surface area contributed by atoms with E-state index in [1.54, 1.807) is 0 Å². The maximum absolute atomic E-state index is 11.9. The van der Waals surface area contributed by atoms with Crippen LogP contribution < -0.4 is 11.5 Å². The highest BCUT2D eigenvalue weighted by atomic mass is 35.5. The summed E-state index contributed by atoms with van der Waals surface area (Å²) in [6.07, 6.45) is 6.45.